The molecule has 4 nitrogen and oxygen atoms in total. The van der Waals surface area contributed by atoms with Gasteiger partial charge in [-0.3, -0.25) is 4.72 Å². The molecule has 21 heavy (non-hydrogen) atoms. The van der Waals surface area contributed by atoms with Crippen LogP contribution in [0.3, 0.4) is 0 Å². The van der Waals surface area contributed by atoms with Crippen molar-refractivity contribution in [3.8, 4) is 0 Å². The molecule has 0 bridgehead atoms. The highest BCUT2D eigenvalue weighted by Gasteiger charge is 2.21. The van der Waals surface area contributed by atoms with Crippen LogP contribution in [-0.4, -0.2) is 15.0 Å². The van der Waals surface area contributed by atoms with Gasteiger partial charge in [-0.2, -0.15) is 0 Å². The van der Waals surface area contributed by atoms with Crippen LogP contribution in [0.15, 0.2) is 28.5 Å². The fourth-order valence-electron chi connectivity index (χ4n) is 1.58. The Labute approximate surface area is 123 Å². The van der Waals surface area contributed by atoms with Crippen molar-refractivity contribution in [3.05, 3.63) is 46.6 Å². The second kappa shape index (κ2) is 6.04. The molecule has 0 saturated heterocycles. The number of rotatable bonds is 5. The third-order valence-corrected chi connectivity index (χ3v) is 5.57. The van der Waals surface area contributed by atoms with Crippen LogP contribution < -0.4 is 10.5 Å². The first-order chi connectivity index (χ1) is 9.85. The van der Waals surface area contributed by atoms with Crippen molar-refractivity contribution in [3.63, 3.8) is 0 Å². The molecular formula is C12H11F3N2O2S2. The molecule has 1 aromatic carbocycles. The Morgan fingerprint density at radius 2 is 1.81 bits per heavy atom. The Morgan fingerprint density at radius 1 is 1.10 bits per heavy atom. The average molecular weight is 336 g/mol. The minimum atomic E-state index is -4.06. The summed E-state index contributed by atoms with van der Waals surface area (Å²) in [6.07, 6.45) is 0.514. The molecule has 0 aliphatic rings. The Hall–Kier alpha value is -1.58. The maximum atomic E-state index is 13.5. The van der Waals surface area contributed by atoms with Crippen molar-refractivity contribution in [2.45, 2.75) is 10.6 Å². The van der Waals surface area contributed by atoms with E-state index >= 15 is 0 Å². The van der Waals surface area contributed by atoms with Crippen LogP contribution in [0.4, 0.5) is 18.9 Å². The van der Waals surface area contributed by atoms with Gasteiger partial charge in [-0.05, 0) is 37.2 Å². The molecule has 114 valence electrons. The van der Waals surface area contributed by atoms with Gasteiger partial charge in [-0.15, -0.1) is 11.3 Å². The van der Waals surface area contributed by atoms with Crippen molar-refractivity contribution in [1.82, 2.24) is 0 Å². The fraction of sp³-hybridized carbons (Fsp3) is 0.167. The van der Waals surface area contributed by atoms with E-state index in [1.807, 2.05) is 4.72 Å². The molecular weight excluding hydrogens is 325 g/mol. The van der Waals surface area contributed by atoms with E-state index in [2.05, 4.69) is 0 Å². The van der Waals surface area contributed by atoms with E-state index in [0.29, 0.717) is 19.0 Å². The van der Waals surface area contributed by atoms with E-state index in [1.54, 1.807) is 6.07 Å². The van der Waals surface area contributed by atoms with Crippen molar-refractivity contribution in [2.24, 2.45) is 5.73 Å². The van der Waals surface area contributed by atoms with Gasteiger partial charge in [0.25, 0.3) is 10.0 Å². The summed E-state index contributed by atoms with van der Waals surface area (Å²) < 4.78 is 65.3. The highest BCUT2D eigenvalue weighted by molar-refractivity contribution is 7.94. The largest absolute Gasteiger partial charge is 0.330 e. The second-order valence-corrected chi connectivity index (χ2v) is 7.17. The molecule has 3 N–H and O–H groups in total. The molecule has 0 aliphatic heterocycles. The molecule has 0 fully saturated rings. The summed E-state index contributed by atoms with van der Waals surface area (Å²) in [4.78, 5) is 0.753. The zero-order valence-electron chi connectivity index (χ0n) is 10.6. The zero-order chi connectivity index (χ0) is 15.6. The number of sulfonamides is 1. The standard InChI is InChI=1S/C12H11F3N2O2S2/c13-8-2-3-9(12(15)11(8)14)17-21(18,19)10-4-1-7(20-10)5-6-16/h1-4,17H,5-6,16H2. The number of nitrogens with two attached hydrogens (primary N) is 1. The van der Waals surface area contributed by atoms with Crippen LogP contribution in [0.5, 0.6) is 0 Å². The van der Waals surface area contributed by atoms with Gasteiger partial charge < -0.3 is 5.73 Å². The van der Waals surface area contributed by atoms with Gasteiger partial charge in [-0.25, -0.2) is 21.6 Å². The summed E-state index contributed by atoms with van der Waals surface area (Å²) >= 11 is 0.976. The smallest absolute Gasteiger partial charge is 0.271 e. The summed E-state index contributed by atoms with van der Waals surface area (Å²) in [5.74, 6) is -4.71. The number of benzene rings is 1. The summed E-state index contributed by atoms with van der Waals surface area (Å²) in [6.45, 7) is 0.366. The van der Waals surface area contributed by atoms with E-state index in [0.717, 1.165) is 22.3 Å². The van der Waals surface area contributed by atoms with Crippen LogP contribution in [0.2, 0.25) is 0 Å². The average Bonchev–Trinajstić information content (AvgIpc) is 2.89. The van der Waals surface area contributed by atoms with Crippen molar-refractivity contribution in [2.75, 3.05) is 11.3 Å². The van der Waals surface area contributed by atoms with Gasteiger partial charge in [0, 0.05) is 4.88 Å². The molecule has 0 unspecified atom stereocenters. The molecule has 1 heterocycles. The zero-order valence-corrected chi connectivity index (χ0v) is 12.2. The number of thiophene rings is 1. The van der Waals surface area contributed by atoms with E-state index in [9.17, 15) is 21.6 Å². The first-order valence-corrected chi connectivity index (χ1v) is 8.10. The molecule has 0 radical (unpaired) electrons. The van der Waals surface area contributed by atoms with Crippen molar-refractivity contribution in [1.29, 1.82) is 0 Å². The lowest BCUT2D eigenvalue weighted by molar-refractivity contribution is 0.449. The first kappa shape index (κ1) is 15.8. The fourth-order valence-corrected chi connectivity index (χ4v) is 4.01. The third-order valence-electron chi connectivity index (χ3n) is 2.57. The van der Waals surface area contributed by atoms with Gasteiger partial charge in [0.15, 0.2) is 17.5 Å². The Morgan fingerprint density at radius 3 is 2.48 bits per heavy atom. The van der Waals surface area contributed by atoms with Crippen molar-refractivity contribution < 1.29 is 21.6 Å². The summed E-state index contributed by atoms with van der Waals surface area (Å²) in [5, 5.41) is 0. The summed E-state index contributed by atoms with van der Waals surface area (Å²) in [6, 6.07) is 4.40. The van der Waals surface area contributed by atoms with Crippen LogP contribution in [0.1, 0.15) is 4.88 Å². The topological polar surface area (TPSA) is 72.2 Å². The number of hydrogen-bond acceptors (Lipinski definition) is 4. The predicted molar refractivity (Wildman–Crippen MR) is 74.2 cm³/mol. The lowest BCUT2D eigenvalue weighted by atomic mass is 10.3. The summed E-state index contributed by atoms with van der Waals surface area (Å²) in [5.41, 5.74) is 4.72. The van der Waals surface area contributed by atoms with E-state index in [-0.39, 0.29) is 4.21 Å². The molecule has 0 aliphatic carbocycles. The van der Waals surface area contributed by atoms with Crippen LogP contribution in [0, 0.1) is 17.5 Å². The number of anilines is 1. The number of halogens is 3. The number of hydrogen-bond donors (Lipinski definition) is 2. The van der Waals surface area contributed by atoms with Gasteiger partial charge in [0.05, 0.1) is 5.69 Å². The highest BCUT2D eigenvalue weighted by Crippen LogP contribution is 2.26. The monoisotopic (exact) mass is 336 g/mol. The van der Waals surface area contributed by atoms with Crippen LogP contribution in [0.25, 0.3) is 0 Å². The molecule has 0 spiro atoms. The maximum absolute atomic E-state index is 13.5. The molecule has 0 atom stereocenters. The Bertz CT molecular complexity index is 760. The molecule has 2 rings (SSSR count). The minimum Gasteiger partial charge on any atom is -0.330 e. The van der Waals surface area contributed by atoms with Crippen LogP contribution in [-0.2, 0) is 16.4 Å². The van der Waals surface area contributed by atoms with E-state index in [4.69, 9.17) is 5.73 Å². The molecule has 1 aromatic heterocycles. The van der Waals surface area contributed by atoms with Gasteiger partial charge in [-0.1, -0.05) is 0 Å². The summed E-state index contributed by atoms with van der Waals surface area (Å²) in [7, 11) is -4.06. The quantitative estimate of drug-likeness (QED) is 0.824. The van der Waals surface area contributed by atoms with Crippen LogP contribution >= 0.6 is 11.3 Å². The molecule has 0 amide bonds. The Balaban J connectivity index is 2.31. The SMILES string of the molecule is NCCc1ccc(S(=O)(=O)Nc2ccc(F)c(F)c2F)s1. The van der Waals surface area contributed by atoms with Gasteiger partial charge in [0.1, 0.15) is 4.21 Å². The maximum Gasteiger partial charge on any atom is 0.271 e. The minimum absolute atomic E-state index is 0.0601. The highest BCUT2D eigenvalue weighted by atomic mass is 32.2. The first-order valence-electron chi connectivity index (χ1n) is 5.80. The Kier molecular flexibility index (Phi) is 4.55. The lowest BCUT2D eigenvalue weighted by Crippen LogP contribution is -2.13. The van der Waals surface area contributed by atoms with Gasteiger partial charge in [0.2, 0.25) is 0 Å². The molecule has 9 heteroatoms. The number of nitrogens with one attached hydrogen (secondary N) is 1. The third kappa shape index (κ3) is 3.36. The lowest BCUT2D eigenvalue weighted by Gasteiger charge is -2.08. The predicted octanol–water partition coefficient (Wildman–Crippen LogP) is 2.47. The van der Waals surface area contributed by atoms with E-state index < -0.39 is 33.2 Å². The normalized spacial score (nSPS) is 11.6. The van der Waals surface area contributed by atoms with Gasteiger partial charge >= 0.3 is 0 Å². The second-order valence-electron chi connectivity index (χ2n) is 4.09. The molecule has 2 aromatic rings. The molecule has 0 saturated carbocycles. The van der Waals surface area contributed by atoms with E-state index in [1.165, 1.54) is 6.07 Å². The van der Waals surface area contributed by atoms with Crippen molar-refractivity contribution >= 4 is 27.0 Å².